The molecular weight excluding hydrogens is 382 g/mol. The van der Waals surface area contributed by atoms with Crippen molar-refractivity contribution in [3.8, 4) is 22.5 Å². The van der Waals surface area contributed by atoms with Crippen LogP contribution < -0.4 is 5.73 Å². The van der Waals surface area contributed by atoms with Gasteiger partial charge < -0.3 is 20.9 Å². The monoisotopic (exact) mass is 403 g/mol. The fourth-order valence-electron chi connectivity index (χ4n) is 4.27. The second kappa shape index (κ2) is 6.53. The number of nitrogens with one attached hydrogen (secondary N) is 1. The predicted octanol–water partition coefficient (Wildman–Crippen LogP) is 3.27. The molecule has 152 valence electrons. The number of carboxylic acids is 2. The van der Waals surface area contributed by atoms with Gasteiger partial charge in [0, 0.05) is 35.0 Å². The number of H-pyrrole nitrogens is 1. The van der Waals surface area contributed by atoms with Gasteiger partial charge in [-0.05, 0) is 55.0 Å². The van der Waals surface area contributed by atoms with Crippen molar-refractivity contribution in [3.05, 3.63) is 64.5 Å². The number of aromatic nitrogens is 2. The minimum Gasteiger partial charge on any atom is -0.478 e. The smallest absolute Gasteiger partial charge is 0.337 e. The number of carboxylic acid groups (broad SMARTS) is 2. The zero-order valence-electron chi connectivity index (χ0n) is 16.2. The molecule has 0 aliphatic heterocycles. The van der Waals surface area contributed by atoms with Crippen LogP contribution in [0.25, 0.3) is 22.5 Å². The second-order valence-corrected chi connectivity index (χ2v) is 8.29. The van der Waals surface area contributed by atoms with Crippen molar-refractivity contribution in [2.75, 3.05) is 0 Å². The number of nitrogens with two attached hydrogens (primary N) is 1. The van der Waals surface area contributed by atoms with Gasteiger partial charge >= 0.3 is 11.9 Å². The van der Waals surface area contributed by atoms with Crippen molar-refractivity contribution in [3.63, 3.8) is 0 Å². The first kappa shape index (κ1) is 18.6. The van der Waals surface area contributed by atoms with E-state index in [0.29, 0.717) is 29.8 Å². The van der Waals surface area contributed by atoms with Crippen LogP contribution in [0.1, 0.15) is 50.4 Å². The summed E-state index contributed by atoms with van der Waals surface area (Å²) >= 11 is 0. The van der Waals surface area contributed by atoms with E-state index in [2.05, 4.69) is 9.97 Å². The first-order valence-electron chi connectivity index (χ1n) is 9.93. The topological polar surface area (TPSA) is 129 Å². The van der Waals surface area contributed by atoms with Crippen LogP contribution in [0.2, 0.25) is 0 Å². The number of rotatable bonds is 5. The quantitative estimate of drug-likeness (QED) is 0.517. The van der Waals surface area contributed by atoms with Gasteiger partial charge in [0.2, 0.25) is 0 Å². The van der Waals surface area contributed by atoms with E-state index in [-0.39, 0.29) is 11.1 Å². The largest absolute Gasteiger partial charge is 0.478 e. The third kappa shape index (κ3) is 3.07. The number of aromatic carboxylic acids is 2. The molecule has 0 unspecified atom stereocenters. The molecule has 0 radical (unpaired) electrons. The molecule has 0 amide bonds. The summed E-state index contributed by atoms with van der Waals surface area (Å²) in [7, 11) is 0. The lowest BCUT2D eigenvalue weighted by atomic mass is 9.88. The minimum atomic E-state index is -0.974. The molecule has 2 aromatic heterocycles. The summed E-state index contributed by atoms with van der Waals surface area (Å²) < 4.78 is 0. The fraction of sp³-hybridized carbons (Fsp3) is 0.261. The van der Waals surface area contributed by atoms with Crippen LogP contribution in [-0.2, 0) is 19.3 Å². The van der Waals surface area contributed by atoms with Crippen molar-refractivity contribution in [2.24, 2.45) is 5.73 Å². The van der Waals surface area contributed by atoms with E-state index in [1.165, 1.54) is 0 Å². The number of pyridine rings is 1. The Hall–Kier alpha value is -3.45. The molecule has 7 heteroatoms. The van der Waals surface area contributed by atoms with Gasteiger partial charge in [0.25, 0.3) is 0 Å². The lowest BCUT2D eigenvalue weighted by Crippen LogP contribution is -2.25. The molecule has 1 saturated carbocycles. The van der Waals surface area contributed by atoms with Crippen LogP contribution in [0.5, 0.6) is 0 Å². The van der Waals surface area contributed by atoms with Crippen LogP contribution >= 0.6 is 0 Å². The summed E-state index contributed by atoms with van der Waals surface area (Å²) in [4.78, 5) is 31.0. The summed E-state index contributed by atoms with van der Waals surface area (Å²) in [5.41, 5.74) is 12.4. The lowest BCUT2D eigenvalue weighted by molar-refractivity contribution is 0.0684. The van der Waals surface area contributed by atoms with Crippen LogP contribution in [-0.4, -0.2) is 37.7 Å². The number of hydrogen-bond donors (Lipinski definition) is 4. The first-order valence-corrected chi connectivity index (χ1v) is 9.93. The molecule has 30 heavy (non-hydrogen) atoms. The molecule has 2 aliphatic carbocycles. The summed E-state index contributed by atoms with van der Waals surface area (Å²) in [6, 6.07) is 8.52. The average molecular weight is 403 g/mol. The molecule has 2 aliphatic rings. The highest BCUT2D eigenvalue weighted by Gasteiger charge is 2.40. The number of aryl methyl sites for hydroxylation is 1. The highest BCUT2D eigenvalue weighted by atomic mass is 16.4. The van der Waals surface area contributed by atoms with Gasteiger partial charge in [0.15, 0.2) is 0 Å². The van der Waals surface area contributed by atoms with E-state index in [4.69, 9.17) is 10.8 Å². The Balaban J connectivity index is 1.59. The predicted molar refractivity (Wildman–Crippen MR) is 111 cm³/mol. The number of aromatic amines is 1. The first-order chi connectivity index (χ1) is 14.3. The Morgan fingerprint density at radius 3 is 2.47 bits per heavy atom. The molecule has 3 aromatic rings. The number of carbonyl (C=O) groups is 2. The molecule has 0 bridgehead atoms. The third-order valence-corrected chi connectivity index (χ3v) is 6.14. The molecule has 2 heterocycles. The highest BCUT2D eigenvalue weighted by molar-refractivity contribution is 5.95. The van der Waals surface area contributed by atoms with Crippen molar-refractivity contribution >= 4 is 11.9 Å². The minimum absolute atomic E-state index is 0.217. The maximum Gasteiger partial charge on any atom is 0.337 e. The average Bonchev–Trinajstić information content (AvgIpc) is 3.32. The zero-order valence-corrected chi connectivity index (χ0v) is 16.2. The van der Waals surface area contributed by atoms with Crippen molar-refractivity contribution in [1.29, 1.82) is 0 Å². The van der Waals surface area contributed by atoms with E-state index in [1.807, 2.05) is 12.3 Å². The summed E-state index contributed by atoms with van der Waals surface area (Å²) in [5, 5.41) is 19.0. The molecule has 0 saturated heterocycles. The lowest BCUT2D eigenvalue weighted by Gasteiger charge is -2.17. The fourth-order valence-corrected chi connectivity index (χ4v) is 4.27. The van der Waals surface area contributed by atoms with Gasteiger partial charge in [-0.25, -0.2) is 9.59 Å². The van der Waals surface area contributed by atoms with Crippen molar-refractivity contribution < 1.29 is 19.8 Å². The van der Waals surface area contributed by atoms with Crippen LogP contribution in [0.15, 0.2) is 36.5 Å². The maximum atomic E-state index is 12.0. The van der Waals surface area contributed by atoms with Gasteiger partial charge in [-0.2, -0.15) is 0 Å². The summed E-state index contributed by atoms with van der Waals surface area (Å²) in [5.74, 6) is -1.90. The number of hydrogen-bond acceptors (Lipinski definition) is 4. The second-order valence-electron chi connectivity index (χ2n) is 8.29. The van der Waals surface area contributed by atoms with E-state index < -0.39 is 11.9 Å². The molecule has 5 N–H and O–H groups in total. The summed E-state index contributed by atoms with van der Waals surface area (Å²) in [6.07, 6.45) is 5.54. The van der Waals surface area contributed by atoms with Gasteiger partial charge in [0.1, 0.15) is 0 Å². The Bertz CT molecular complexity index is 1190. The summed E-state index contributed by atoms with van der Waals surface area (Å²) in [6.45, 7) is 0. The van der Waals surface area contributed by atoms with Gasteiger partial charge in [-0.15, -0.1) is 0 Å². The van der Waals surface area contributed by atoms with Crippen LogP contribution in [0.3, 0.4) is 0 Å². The van der Waals surface area contributed by atoms with Crippen molar-refractivity contribution in [2.45, 2.75) is 37.6 Å². The van der Waals surface area contributed by atoms with Crippen molar-refractivity contribution in [1.82, 2.24) is 9.97 Å². The standard InChI is InChI=1S/C23H21N3O4/c24-23(7-8-23)10-18-19(22(29)30)15-6-5-14-11-25-17(9-16(14)20(15)26-18)12-1-3-13(4-2-12)21(27)28/h1-4,9,11,26H,5-8,10,24H2,(H,27,28)(H,29,30). The number of benzene rings is 1. The molecular formula is C23H21N3O4. The van der Waals surface area contributed by atoms with E-state index in [1.54, 1.807) is 24.3 Å². The number of nitrogens with zero attached hydrogens (tertiary/aromatic N) is 1. The van der Waals surface area contributed by atoms with Crippen LogP contribution in [0, 0.1) is 0 Å². The molecule has 1 fully saturated rings. The molecule has 7 nitrogen and oxygen atoms in total. The molecule has 0 atom stereocenters. The Morgan fingerprint density at radius 2 is 1.83 bits per heavy atom. The number of fused-ring (bicyclic) bond motifs is 3. The molecule has 1 aromatic carbocycles. The van der Waals surface area contributed by atoms with Crippen LogP contribution in [0.4, 0.5) is 0 Å². The Morgan fingerprint density at radius 1 is 1.10 bits per heavy atom. The van der Waals surface area contributed by atoms with E-state index >= 15 is 0 Å². The molecule has 5 rings (SSSR count). The SMILES string of the molecule is NC1(Cc2[nH]c3c(c2C(=O)O)CCc2cnc(-c4ccc(C(=O)O)cc4)cc2-3)CC1. The molecule has 0 spiro atoms. The maximum absolute atomic E-state index is 12.0. The van der Waals surface area contributed by atoms with Gasteiger partial charge in [-0.1, -0.05) is 12.1 Å². The third-order valence-electron chi connectivity index (χ3n) is 6.14. The normalized spacial score (nSPS) is 15.9. The van der Waals surface area contributed by atoms with Gasteiger partial charge in [-0.3, -0.25) is 4.98 Å². The van der Waals surface area contributed by atoms with Gasteiger partial charge in [0.05, 0.1) is 22.5 Å². The van der Waals surface area contributed by atoms with E-state index in [0.717, 1.165) is 47.2 Å². The Labute approximate surface area is 172 Å². The van der Waals surface area contributed by atoms with E-state index in [9.17, 15) is 14.7 Å². The Kier molecular flexibility index (Phi) is 4.04. The zero-order chi connectivity index (χ0) is 21.0. The highest BCUT2D eigenvalue weighted by Crippen LogP contribution is 2.41.